The van der Waals surface area contributed by atoms with Crippen LogP contribution in [-0.4, -0.2) is 45.6 Å². The number of aliphatic carboxylic acids is 2. The molecule has 0 aromatic rings. The predicted molar refractivity (Wildman–Crippen MR) is 61.5 cm³/mol. The molecule has 6 nitrogen and oxygen atoms in total. The van der Waals surface area contributed by atoms with E-state index < -0.39 is 17.9 Å². The lowest BCUT2D eigenvalue weighted by Crippen LogP contribution is -2.08. The average molecular weight is 246 g/mol. The minimum atomic E-state index is -1.11. The summed E-state index contributed by atoms with van der Waals surface area (Å²) in [7, 11) is 0. The van der Waals surface area contributed by atoms with Crippen LogP contribution >= 0.6 is 0 Å². The molecular weight excluding hydrogens is 228 g/mol. The van der Waals surface area contributed by atoms with E-state index in [-0.39, 0.29) is 24.4 Å². The summed E-state index contributed by atoms with van der Waals surface area (Å²) in [6.45, 7) is 6.08. The van der Waals surface area contributed by atoms with Crippen LogP contribution in [0.25, 0.3) is 0 Å². The van der Waals surface area contributed by atoms with Gasteiger partial charge in [0.25, 0.3) is 0 Å². The van der Waals surface area contributed by atoms with E-state index in [4.69, 9.17) is 20.4 Å². The van der Waals surface area contributed by atoms with Crippen molar-refractivity contribution >= 4 is 11.9 Å². The molecule has 6 heteroatoms. The SMILES string of the molecule is C=C(C(=O)O)C(C)C=C(C)C(=O)O.OCCO. The Morgan fingerprint density at radius 3 is 1.82 bits per heavy atom. The van der Waals surface area contributed by atoms with E-state index >= 15 is 0 Å². The quantitative estimate of drug-likeness (QED) is 0.517. The first-order chi connectivity index (χ1) is 7.77. The summed E-state index contributed by atoms with van der Waals surface area (Å²) in [5.41, 5.74) is 0.107. The second kappa shape index (κ2) is 9.56. The maximum atomic E-state index is 10.4. The first-order valence-corrected chi connectivity index (χ1v) is 4.83. The van der Waals surface area contributed by atoms with Crippen molar-refractivity contribution < 1.29 is 30.0 Å². The van der Waals surface area contributed by atoms with Crippen molar-refractivity contribution in [3.05, 3.63) is 23.8 Å². The third-order valence-electron chi connectivity index (χ3n) is 1.76. The summed E-state index contributed by atoms with van der Waals surface area (Å²) in [5, 5.41) is 32.3. The van der Waals surface area contributed by atoms with Gasteiger partial charge in [0.15, 0.2) is 0 Å². The number of aliphatic hydroxyl groups excluding tert-OH is 2. The summed E-state index contributed by atoms with van der Waals surface area (Å²) in [6, 6.07) is 0. The summed E-state index contributed by atoms with van der Waals surface area (Å²) in [5.74, 6) is -2.62. The van der Waals surface area contributed by atoms with Crippen molar-refractivity contribution in [2.45, 2.75) is 13.8 Å². The van der Waals surface area contributed by atoms with Crippen LogP contribution in [0.2, 0.25) is 0 Å². The second-order valence-corrected chi connectivity index (χ2v) is 3.22. The Kier molecular flexibility index (Phi) is 9.97. The van der Waals surface area contributed by atoms with Gasteiger partial charge in [-0.25, -0.2) is 9.59 Å². The largest absolute Gasteiger partial charge is 0.478 e. The van der Waals surface area contributed by atoms with Crippen LogP contribution in [0.1, 0.15) is 13.8 Å². The fourth-order valence-electron chi connectivity index (χ4n) is 0.742. The highest BCUT2D eigenvalue weighted by Gasteiger charge is 2.12. The van der Waals surface area contributed by atoms with Crippen LogP contribution in [0.5, 0.6) is 0 Å². The maximum Gasteiger partial charge on any atom is 0.331 e. The van der Waals surface area contributed by atoms with Gasteiger partial charge in [0.05, 0.1) is 13.2 Å². The highest BCUT2D eigenvalue weighted by Crippen LogP contribution is 2.12. The van der Waals surface area contributed by atoms with Crippen molar-refractivity contribution in [1.29, 1.82) is 0 Å². The highest BCUT2D eigenvalue weighted by molar-refractivity contribution is 5.88. The summed E-state index contributed by atoms with van der Waals surface area (Å²) in [4.78, 5) is 20.8. The fourth-order valence-corrected chi connectivity index (χ4v) is 0.742. The van der Waals surface area contributed by atoms with E-state index in [1.54, 1.807) is 6.92 Å². The minimum Gasteiger partial charge on any atom is -0.478 e. The van der Waals surface area contributed by atoms with Gasteiger partial charge < -0.3 is 20.4 Å². The van der Waals surface area contributed by atoms with Gasteiger partial charge in [0, 0.05) is 17.1 Å². The third-order valence-corrected chi connectivity index (χ3v) is 1.76. The summed E-state index contributed by atoms with van der Waals surface area (Å²) < 4.78 is 0. The van der Waals surface area contributed by atoms with Gasteiger partial charge in [-0.15, -0.1) is 0 Å². The molecule has 0 amide bonds. The second-order valence-electron chi connectivity index (χ2n) is 3.22. The predicted octanol–water partition coefficient (Wildman–Crippen LogP) is 0.265. The third kappa shape index (κ3) is 9.28. The molecule has 0 fully saturated rings. The van der Waals surface area contributed by atoms with E-state index in [1.807, 2.05) is 0 Å². The molecule has 0 spiro atoms. The van der Waals surface area contributed by atoms with Gasteiger partial charge in [-0.2, -0.15) is 0 Å². The zero-order chi connectivity index (χ0) is 14.0. The summed E-state index contributed by atoms with van der Waals surface area (Å²) in [6.07, 6.45) is 1.36. The van der Waals surface area contributed by atoms with Crippen LogP contribution < -0.4 is 0 Å². The van der Waals surface area contributed by atoms with E-state index in [2.05, 4.69) is 6.58 Å². The van der Waals surface area contributed by atoms with Crippen LogP contribution in [0.3, 0.4) is 0 Å². The number of carboxylic acid groups (broad SMARTS) is 2. The average Bonchev–Trinajstić information content (AvgIpc) is 2.27. The van der Waals surface area contributed by atoms with Gasteiger partial charge in [-0.05, 0) is 6.92 Å². The molecular formula is C11H18O6. The maximum absolute atomic E-state index is 10.4. The van der Waals surface area contributed by atoms with Gasteiger partial charge >= 0.3 is 11.9 Å². The number of allylic oxidation sites excluding steroid dienone is 1. The van der Waals surface area contributed by atoms with Crippen LogP contribution in [0, 0.1) is 5.92 Å². The Morgan fingerprint density at radius 1 is 1.18 bits per heavy atom. The molecule has 0 bridgehead atoms. The molecule has 0 aromatic carbocycles. The normalized spacial score (nSPS) is 12.1. The van der Waals surface area contributed by atoms with E-state index in [9.17, 15) is 9.59 Å². The molecule has 0 aliphatic carbocycles. The van der Waals surface area contributed by atoms with Gasteiger partial charge in [0.1, 0.15) is 0 Å². The number of hydrogen-bond donors (Lipinski definition) is 4. The zero-order valence-corrected chi connectivity index (χ0v) is 9.88. The molecule has 0 radical (unpaired) electrons. The molecule has 1 unspecified atom stereocenters. The molecule has 0 heterocycles. The number of rotatable bonds is 5. The van der Waals surface area contributed by atoms with E-state index in [0.717, 1.165) is 0 Å². The van der Waals surface area contributed by atoms with Crippen molar-refractivity contribution in [2.24, 2.45) is 5.92 Å². The van der Waals surface area contributed by atoms with Crippen LogP contribution in [0.15, 0.2) is 23.8 Å². The topological polar surface area (TPSA) is 115 Å². The molecule has 4 N–H and O–H groups in total. The molecule has 0 aliphatic rings. The van der Waals surface area contributed by atoms with Crippen molar-refractivity contribution in [3.63, 3.8) is 0 Å². The fraction of sp³-hybridized carbons (Fsp3) is 0.455. The minimum absolute atomic E-state index is 0.0133. The first kappa shape index (κ1) is 17.7. The lowest BCUT2D eigenvalue weighted by Gasteiger charge is -2.05. The van der Waals surface area contributed by atoms with Crippen LogP contribution in [0.4, 0.5) is 0 Å². The van der Waals surface area contributed by atoms with Crippen molar-refractivity contribution in [2.75, 3.05) is 13.2 Å². The van der Waals surface area contributed by atoms with E-state index in [1.165, 1.54) is 13.0 Å². The van der Waals surface area contributed by atoms with Gasteiger partial charge in [-0.1, -0.05) is 19.6 Å². The number of aliphatic hydroxyl groups is 2. The smallest absolute Gasteiger partial charge is 0.331 e. The molecule has 17 heavy (non-hydrogen) atoms. The van der Waals surface area contributed by atoms with Crippen LogP contribution in [-0.2, 0) is 9.59 Å². The van der Waals surface area contributed by atoms with Gasteiger partial charge in [0.2, 0.25) is 0 Å². The molecule has 0 rings (SSSR count). The Hall–Kier alpha value is -1.66. The van der Waals surface area contributed by atoms with Gasteiger partial charge in [-0.3, -0.25) is 0 Å². The first-order valence-electron chi connectivity index (χ1n) is 4.83. The molecule has 1 atom stereocenters. The number of hydrogen-bond acceptors (Lipinski definition) is 4. The Bertz CT molecular complexity index is 303. The number of carbonyl (C=O) groups is 2. The Morgan fingerprint density at radius 2 is 1.59 bits per heavy atom. The Labute approximate surface area is 99.5 Å². The Balaban J connectivity index is 0. The monoisotopic (exact) mass is 246 g/mol. The molecule has 0 saturated heterocycles. The summed E-state index contributed by atoms with van der Waals surface area (Å²) >= 11 is 0. The molecule has 98 valence electrons. The zero-order valence-electron chi connectivity index (χ0n) is 9.88. The van der Waals surface area contributed by atoms with Crippen molar-refractivity contribution in [1.82, 2.24) is 0 Å². The number of carboxylic acids is 2. The molecule has 0 aliphatic heterocycles. The standard InChI is InChI=1S/C9H12O4.C2H6O2/c1-5(7(3)9(12)13)4-6(2)8(10)11;3-1-2-4/h4-5H,3H2,1-2H3,(H,10,11)(H,12,13);3-4H,1-2H2. The van der Waals surface area contributed by atoms with E-state index in [0.29, 0.717) is 0 Å². The highest BCUT2D eigenvalue weighted by atomic mass is 16.4. The molecule has 0 saturated carbocycles. The lowest BCUT2D eigenvalue weighted by atomic mass is 10.0. The van der Waals surface area contributed by atoms with Crippen molar-refractivity contribution in [3.8, 4) is 0 Å². The molecule has 0 aromatic heterocycles. The lowest BCUT2D eigenvalue weighted by molar-refractivity contribution is -0.134.